The molecule has 4 rings (SSSR count). The molecule has 3 aromatic heterocycles. The van der Waals surface area contributed by atoms with Gasteiger partial charge in [0.05, 0.1) is 17.6 Å². The highest BCUT2D eigenvalue weighted by Gasteiger charge is 2.19. The van der Waals surface area contributed by atoms with Gasteiger partial charge in [-0.1, -0.05) is 0 Å². The molecule has 7 nitrogen and oxygen atoms in total. The zero-order valence-corrected chi connectivity index (χ0v) is 12.0. The summed E-state index contributed by atoms with van der Waals surface area (Å²) < 4.78 is 0. The van der Waals surface area contributed by atoms with Crippen LogP contribution in [0.25, 0.3) is 11.4 Å². The quantitative estimate of drug-likeness (QED) is 0.781. The zero-order valence-electron chi connectivity index (χ0n) is 12.0. The standard InChI is InChI=1S/C15H15N7/c1-2-22(8-13-6-18-10-20-13)7-12-5-19-15(21-14(1)12)11-3-16-9-17-4-11/h3-6,9-10H,1-2,7-8H2,(H,18,20). The van der Waals surface area contributed by atoms with Crippen LogP contribution in [0.5, 0.6) is 0 Å². The molecule has 4 heterocycles. The molecule has 22 heavy (non-hydrogen) atoms. The Labute approximate surface area is 127 Å². The van der Waals surface area contributed by atoms with Crippen LogP contribution in [-0.4, -0.2) is 41.3 Å². The average molecular weight is 293 g/mol. The number of imidazole rings is 1. The second-order valence-corrected chi connectivity index (χ2v) is 5.33. The van der Waals surface area contributed by atoms with Gasteiger partial charge in [0.25, 0.3) is 0 Å². The van der Waals surface area contributed by atoms with Crippen molar-refractivity contribution in [1.82, 2.24) is 34.8 Å². The fourth-order valence-corrected chi connectivity index (χ4v) is 2.68. The van der Waals surface area contributed by atoms with E-state index in [1.54, 1.807) is 18.7 Å². The van der Waals surface area contributed by atoms with Crippen molar-refractivity contribution in [3.05, 3.63) is 54.4 Å². The third-order valence-corrected chi connectivity index (χ3v) is 3.78. The summed E-state index contributed by atoms with van der Waals surface area (Å²) in [7, 11) is 0. The van der Waals surface area contributed by atoms with Gasteiger partial charge < -0.3 is 4.98 Å². The molecule has 1 aliphatic heterocycles. The fourth-order valence-electron chi connectivity index (χ4n) is 2.68. The molecule has 0 atom stereocenters. The predicted molar refractivity (Wildman–Crippen MR) is 79.5 cm³/mol. The third kappa shape index (κ3) is 2.58. The van der Waals surface area contributed by atoms with Crippen molar-refractivity contribution in [3.8, 4) is 11.4 Å². The number of rotatable bonds is 3. The van der Waals surface area contributed by atoms with E-state index in [-0.39, 0.29) is 0 Å². The molecule has 0 amide bonds. The smallest absolute Gasteiger partial charge is 0.162 e. The summed E-state index contributed by atoms with van der Waals surface area (Å²) in [4.78, 5) is 26.7. The van der Waals surface area contributed by atoms with E-state index in [0.717, 1.165) is 43.0 Å². The predicted octanol–water partition coefficient (Wildman–Crippen LogP) is 1.21. The fraction of sp³-hybridized carbons (Fsp3) is 0.267. The Balaban J connectivity index is 1.54. The van der Waals surface area contributed by atoms with Gasteiger partial charge in [0.15, 0.2) is 5.82 Å². The van der Waals surface area contributed by atoms with Gasteiger partial charge in [0, 0.05) is 62.1 Å². The summed E-state index contributed by atoms with van der Waals surface area (Å²) in [6.45, 7) is 2.71. The second kappa shape index (κ2) is 5.61. The summed E-state index contributed by atoms with van der Waals surface area (Å²) in [5.41, 5.74) is 4.29. The Morgan fingerprint density at radius 3 is 2.82 bits per heavy atom. The van der Waals surface area contributed by atoms with Crippen LogP contribution in [0.3, 0.4) is 0 Å². The van der Waals surface area contributed by atoms with Crippen LogP contribution in [0, 0.1) is 0 Å². The van der Waals surface area contributed by atoms with E-state index < -0.39 is 0 Å². The van der Waals surface area contributed by atoms with E-state index in [0.29, 0.717) is 5.82 Å². The Bertz CT molecular complexity index is 755. The molecule has 0 unspecified atom stereocenters. The van der Waals surface area contributed by atoms with E-state index in [9.17, 15) is 0 Å². The SMILES string of the molecule is c1ncc(-c2ncc3c(n2)CCN(Cc2cnc[nH]2)C3)cn1. The molecular formula is C15H15N7. The lowest BCUT2D eigenvalue weighted by atomic mass is 10.1. The maximum atomic E-state index is 4.68. The average Bonchev–Trinajstić information content (AvgIpc) is 3.08. The van der Waals surface area contributed by atoms with Crippen molar-refractivity contribution < 1.29 is 0 Å². The summed E-state index contributed by atoms with van der Waals surface area (Å²) in [6.07, 6.45) is 11.4. The van der Waals surface area contributed by atoms with Crippen molar-refractivity contribution >= 4 is 0 Å². The van der Waals surface area contributed by atoms with Gasteiger partial charge in [-0.15, -0.1) is 0 Å². The van der Waals surface area contributed by atoms with Crippen molar-refractivity contribution in [2.24, 2.45) is 0 Å². The first kappa shape index (κ1) is 13.0. The molecule has 7 heteroatoms. The van der Waals surface area contributed by atoms with Gasteiger partial charge >= 0.3 is 0 Å². The lowest BCUT2D eigenvalue weighted by Crippen LogP contribution is -2.31. The van der Waals surface area contributed by atoms with Crippen LogP contribution in [0.2, 0.25) is 0 Å². The molecule has 0 fully saturated rings. The number of nitrogens with zero attached hydrogens (tertiary/aromatic N) is 6. The van der Waals surface area contributed by atoms with Crippen LogP contribution in [0.4, 0.5) is 0 Å². The van der Waals surface area contributed by atoms with Gasteiger partial charge in [-0.25, -0.2) is 24.9 Å². The van der Waals surface area contributed by atoms with E-state index >= 15 is 0 Å². The van der Waals surface area contributed by atoms with Gasteiger partial charge in [-0.05, 0) is 0 Å². The Kier molecular flexibility index (Phi) is 3.32. The van der Waals surface area contributed by atoms with Crippen LogP contribution in [0.1, 0.15) is 17.0 Å². The molecule has 110 valence electrons. The number of hydrogen-bond acceptors (Lipinski definition) is 6. The maximum absolute atomic E-state index is 4.68. The molecular weight excluding hydrogens is 278 g/mol. The topological polar surface area (TPSA) is 83.5 Å². The monoisotopic (exact) mass is 293 g/mol. The van der Waals surface area contributed by atoms with Crippen LogP contribution in [-0.2, 0) is 19.5 Å². The summed E-state index contributed by atoms with van der Waals surface area (Å²) >= 11 is 0. The van der Waals surface area contributed by atoms with Crippen molar-refractivity contribution in [2.45, 2.75) is 19.5 Å². The second-order valence-electron chi connectivity index (χ2n) is 5.33. The third-order valence-electron chi connectivity index (χ3n) is 3.78. The molecule has 0 aromatic carbocycles. The normalized spacial score (nSPS) is 14.7. The molecule has 1 N–H and O–H groups in total. The minimum atomic E-state index is 0.696. The summed E-state index contributed by atoms with van der Waals surface area (Å²) in [5, 5.41) is 0. The first-order valence-electron chi connectivity index (χ1n) is 7.18. The van der Waals surface area contributed by atoms with Crippen molar-refractivity contribution in [3.63, 3.8) is 0 Å². The minimum Gasteiger partial charge on any atom is -0.347 e. The van der Waals surface area contributed by atoms with Gasteiger partial charge in [-0.2, -0.15) is 0 Å². The van der Waals surface area contributed by atoms with Gasteiger partial charge in [-0.3, -0.25) is 4.90 Å². The number of H-pyrrole nitrogens is 1. The highest BCUT2D eigenvalue weighted by Crippen LogP contribution is 2.21. The minimum absolute atomic E-state index is 0.696. The van der Waals surface area contributed by atoms with Gasteiger partial charge in [0.1, 0.15) is 6.33 Å². The number of aromatic amines is 1. The summed E-state index contributed by atoms with van der Waals surface area (Å²) in [5.74, 6) is 0.696. The molecule has 0 saturated carbocycles. The van der Waals surface area contributed by atoms with E-state index in [1.165, 1.54) is 11.9 Å². The van der Waals surface area contributed by atoms with Crippen molar-refractivity contribution in [1.29, 1.82) is 0 Å². The Hall–Kier alpha value is -2.67. The number of fused-ring (bicyclic) bond motifs is 1. The number of hydrogen-bond donors (Lipinski definition) is 1. The van der Waals surface area contributed by atoms with Crippen LogP contribution < -0.4 is 0 Å². The molecule has 1 aliphatic rings. The largest absolute Gasteiger partial charge is 0.347 e. The molecule has 0 saturated heterocycles. The maximum Gasteiger partial charge on any atom is 0.162 e. The zero-order chi connectivity index (χ0) is 14.8. The first-order chi connectivity index (χ1) is 10.9. The van der Waals surface area contributed by atoms with Crippen LogP contribution in [0.15, 0.2) is 37.4 Å². The van der Waals surface area contributed by atoms with Crippen LogP contribution >= 0.6 is 0 Å². The lowest BCUT2D eigenvalue weighted by Gasteiger charge is -2.27. The lowest BCUT2D eigenvalue weighted by molar-refractivity contribution is 0.240. The number of aromatic nitrogens is 6. The van der Waals surface area contributed by atoms with E-state index in [2.05, 4.69) is 34.8 Å². The highest BCUT2D eigenvalue weighted by atomic mass is 15.1. The molecule has 0 spiro atoms. The van der Waals surface area contributed by atoms with E-state index in [1.807, 2.05) is 12.4 Å². The van der Waals surface area contributed by atoms with Crippen molar-refractivity contribution in [2.75, 3.05) is 6.54 Å². The Morgan fingerprint density at radius 1 is 1.09 bits per heavy atom. The molecule has 3 aromatic rings. The highest BCUT2D eigenvalue weighted by molar-refractivity contribution is 5.52. The number of nitrogens with one attached hydrogen (secondary N) is 1. The molecule has 0 aliphatic carbocycles. The van der Waals surface area contributed by atoms with E-state index in [4.69, 9.17) is 0 Å². The molecule has 0 bridgehead atoms. The Morgan fingerprint density at radius 2 is 2.00 bits per heavy atom. The summed E-state index contributed by atoms with van der Waals surface area (Å²) in [6, 6.07) is 0. The van der Waals surface area contributed by atoms with Gasteiger partial charge in [0.2, 0.25) is 0 Å². The molecule has 0 radical (unpaired) electrons. The first-order valence-corrected chi connectivity index (χ1v) is 7.18.